The standard InChI is InChI=1S/C14H17F2NO/c15-12-4-2-10(6-13(12)16)14(18)8-17-7-9-1-3-11(17)5-9/h2,4,6,9,11,14,18H,1,3,5,7-8H2. The number of likely N-dealkylation sites (tertiary alicyclic amines) is 1. The molecule has 0 aromatic heterocycles. The van der Waals surface area contributed by atoms with E-state index in [1.807, 2.05) is 0 Å². The van der Waals surface area contributed by atoms with Gasteiger partial charge in [-0.1, -0.05) is 6.07 Å². The van der Waals surface area contributed by atoms with Gasteiger partial charge in [0.05, 0.1) is 6.10 Å². The molecule has 0 spiro atoms. The van der Waals surface area contributed by atoms with Crippen LogP contribution in [0.1, 0.15) is 30.9 Å². The van der Waals surface area contributed by atoms with Gasteiger partial charge in [0.15, 0.2) is 11.6 Å². The number of piperidine rings is 1. The van der Waals surface area contributed by atoms with Gasteiger partial charge in [0, 0.05) is 19.1 Å². The summed E-state index contributed by atoms with van der Waals surface area (Å²) in [6.07, 6.45) is 2.99. The molecule has 1 aliphatic heterocycles. The summed E-state index contributed by atoms with van der Waals surface area (Å²) in [7, 11) is 0. The summed E-state index contributed by atoms with van der Waals surface area (Å²) in [5, 5.41) is 10.1. The Labute approximate surface area is 105 Å². The Morgan fingerprint density at radius 2 is 2.11 bits per heavy atom. The second-order valence-electron chi connectivity index (χ2n) is 5.48. The van der Waals surface area contributed by atoms with Crippen LogP contribution in [0.15, 0.2) is 18.2 Å². The first-order valence-corrected chi connectivity index (χ1v) is 6.50. The fourth-order valence-corrected chi connectivity index (χ4v) is 3.30. The Morgan fingerprint density at radius 1 is 1.28 bits per heavy atom. The van der Waals surface area contributed by atoms with Crippen molar-refractivity contribution in [2.24, 2.45) is 5.92 Å². The van der Waals surface area contributed by atoms with Crippen molar-refractivity contribution in [3.8, 4) is 0 Å². The summed E-state index contributed by atoms with van der Waals surface area (Å²) in [6, 6.07) is 4.20. The molecule has 1 saturated heterocycles. The maximum absolute atomic E-state index is 13.1. The first kappa shape index (κ1) is 12.1. The zero-order valence-corrected chi connectivity index (χ0v) is 10.1. The molecule has 1 saturated carbocycles. The fraction of sp³-hybridized carbons (Fsp3) is 0.571. The number of β-amino-alcohol motifs (C(OH)–C–C–N with tert-alkyl or cyclic N) is 1. The summed E-state index contributed by atoms with van der Waals surface area (Å²) in [6.45, 7) is 1.55. The van der Waals surface area contributed by atoms with Crippen molar-refractivity contribution in [1.29, 1.82) is 0 Å². The van der Waals surface area contributed by atoms with E-state index in [9.17, 15) is 13.9 Å². The van der Waals surface area contributed by atoms with Gasteiger partial charge in [-0.25, -0.2) is 8.78 Å². The van der Waals surface area contributed by atoms with Crippen molar-refractivity contribution in [3.63, 3.8) is 0 Å². The SMILES string of the molecule is OC(CN1CC2CCC1C2)c1ccc(F)c(F)c1. The van der Waals surface area contributed by atoms with Gasteiger partial charge in [-0.2, -0.15) is 0 Å². The van der Waals surface area contributed by atoms with Gasteiger partial charge in [-0.05, 0) is 42.9 Å². The highest BCUT2D eigenvalue weighted by Crippen LogP contribution is 2.38. The molecule has 18 heavy (non-hydrogen) atoms. The molecule has 1 aromatic rings. The number of benzene rings is 1. The van der Waals surface area contributed by atoms with E-state index in [1.165, 1.54) is 25.3 Å². The van der Waals surface area contributed by atoms with Gasteiger partial charge in [0.1, 0.15) is 0 Å². The first-order valence-electron chi connectivity index (χ1n) is 6.50. The van der Waals surface area contributed by atoms with Gasteiger partial charge in [-0.15, -0.1) is 0 Å². The summed E-state index contributed by atoms with van der Waals surface area (Å²) >= 11 is 0. The lowest BCUT2D eigenvalue weighted by Crippen LogP contribution is -2.35. The third kappa shape index (κ3) is 2.15. The van der Waals surface area contributed by atoms with Crippen LogP contribution in [-0.4, -0.2) is 29.1 Å². The molecule has 0 radical (unpaired) electrons. The van der Waals surface area contributed by atoms with E-state index in [1.54, 1.807) is 0 Å². The van der Waals surface area contributed by atoms with Crippen molar-refractivity contribution >= 4 is 0 Å². The van der Waals surface area contributed by atoms with Crippen molar-refractivity contribution < 1.29 is 13.9 Å². The Kier molecular flexibility index (Phi) is 3.08. The molecule has 1 aliphatic carbocycles. The number of hydrogen-bond acceptors (Lipinski definition) is 2. The number of aliphatic hydroxyl groups excluding tert-OH is 1. The Bertz CT molecular complexity index is 451. The third-order valence-corrected chi connectivity index (χ3v) is 4.26. The van der Waals surface area contributed by atoms with Crippen LogP contribution < -0.4 is 0 Å². The second-order valence-corrected chi connectivity index (χ2v) is 5.48. The molecule has 4 heteroatoms. The average molecular weight is 253 g/mol. The van der Waals surface area contributed by atoms with Crippen LogP contribution in [0.3, 0.4) is 0 Å². The maximum atomic E-state index is 13.1. The van der Waals surface area contributed by atoms with Crippen molar-refractivity contribution in [1.82, 2.24) is 4.90 Å². The highest BCUT2D eigenvalue weighted by Gasteiger charge is 2.38. The number of nitrogens with zero attached hydrogens (tertiary/aromatic N) is 1. The number of fused-ring (bicyclic) bond motifs is 2. The second kappa shape index (κ2) is 4.59. The summed E-state index contributed by atoms with van der Waals surface area (Å²) < 4.78 is 25.9. The monoisotopic (exact) mass is 253 g/mol. The quantitative estimate of drug-likeness (QED) is 0.894. The lowest BCUT2D eigenvalue weighted by Gasteiger charge is -2.28. The topological polar surface area (TPSA) is 23.5 Å². The number of halogens is 2. The van der Waals surface area contributed by atoms with E-state index in [2.05, 4.69) is 4.90 Å². The zero-order chi connectivity index (χ0) is 12.7. The fourth-order valence-electron chi connectivity index (χ4n) is 3.30. The number of hydrogen-bond donors (Lipinski definition) is 1. The lowest BCUT2D eigenvalue weighted by molar-refractivity contribution is 0.0944. The molecule has 3 atom stereocenters. The van der Waals surface area contributed by atoms with Crippen LogP contribution in [0.2, 0.25) is 0 Å². The molecular weight excluding hydrogens is 236 g/mol. The summed E-state index contributed by atoms with van der Waals surface area (Å²) in [4.78, 5) is 2.28. The molecule has 3 unspecified atom stereocenters. The number of rotatable bonds is 3. The van der Waals surface area contributed by atoms with Gasteiger partial charge in [0.2, 0.25) is 0 Å². The van der Waals surface area contributed by atoms with E-state index in [0.29, 0.717) is 18.2 Å². The van der Waals surface area contributed by atoms with E-state index < -0.39 is 17.7 Å². The van der Waals surface area contributed by atoms with Crippen LogP contribution in [0.4, 0.5) is 8.78 Å². The minimum absolute atomic E-state index is 0.455. The molecule has 1 N–H and O–H groups in total. The first-order chi connectivity index (χ1) is 8.63. The van der Waals surface area contributed by atoms with Crippen LogP contribution in [-0.2, 0) is 0 Å². The van der Waals surface area contributed by atoms with Crippen molar-refractivity contribution in [2.45, 2.75) is 31.4 Å². The molecule has 1 aromatic carbocycles. The van der Waals surface area contributed by atoms with E-state index in [0.717, 1.165) is 24.6 Å². The van der Waals surface area contributed by atoms with Crippen LogP contribution in [0.25, 0.3) is 0 Å². The van der Waals surface area contributed by atoms with E-state index >= 15 is 0 Å². The highest BCUT2D eigenvalue weighted by atomic mass is 19.2. The summed E-state index contributed by atoms with van der Waals surface area (Å²) in [5.74, 6) is -0.993. The van der Waals surface area contributed by atoms with Crippen LogP contribution >= 0.6 is 0 Å². The zero-order valence-electron chi connectivity index (χ0n) is 10.1. The van der Waals surface area contributed by atoms with Crippen molar-refractivity contribution in [3.05, 3.63) is 35.4 Å². The molecule has 2 fully saturated rings. The number of aliphatic hydroxyl groups is 1. The molecule has 2 aliphatic rings. The smallest absolute Gasteiger partial charge is 0.159 e. The molecule has 2 bridgehead atoms. The normalized spacial score (nSPS) is 28.8. The Hall–Kier alpha value is -1.00. The molecule has 1 heterocycles. The van der Waals surface area contributed by atoms with Crippen LogP contribution in [0, 0.1) is 17.6 Å². The maximum Gasteiger partial charge on any atom is 0.159 e. The van der Waals surface area contributed by atoms with Gasteiger partial charge in [0.25, 0.3) is 0 Å². The predicted octanol–water partition coefficient (Wildman–Crippen LogP) is 2.48. The molecule has 3 rings (SSSR count). The molecular formula is C14H17F2NO. The largest absolute Gasteiger partial charge is 0.387 e. The minimum atomic E-state index is -0.894. The van der Waals surface area contributed by atoms with E-state index in [4.69, 9.17) is 0 Å². The highest BCUT2D eigenvalue weighted by molar-refractivity contribution is 5.20. The summed E-state index contributed by atoms with van der Waals surface area (Å²) in [5.41, 5.74) is 0.455. The molecule has 98 valence electrons. The van der Waals surface area contributed by atoms with Crippen LogP contribution in [0.5, 0.6) is 0 Å². The van der Waals surface area contributed by atoms with Crippen molar-refractivity contribution in [2.75, 3.05) is 13.1 Å². The average Bonchev–Trinajstić information content (AvgIpc) is 2.94. The predicted molar refractivity (Wildman–Crippen MR) is 64.0 cm³/mol. The van der Waals surface area contributed by atoms with E-state index in [-0.39, 0.29) is 0 Å². The van der Waals surface area contributed by atoms with Gasteiger partial charge in [-0.3, -0.25) is 4.90 Å². The van der Waals surface area contributed by atoms with Gasteiger partial charge < -0.3 is 5.11 Å². The Morgan fingerprint density at radius 3 is 2.72 bits per heavy atom. The molecule has 0 amide bonds. The molecule has 2 nitrogen and oxygen atoms in total. The Balaban J connectivity index is 1.67. The van der Waals surface area contributed by atoms with Gasteiger partial charge >= 0.3 is 0 Å². The lowest BCUT2D eigenvalue weighted by atomic mass is 10.1. The minimum Gasteiger partial charge on any atom is -0.387 e. The third-order valence-electron chi connectivity index (χ3n) is 4.26.